The normalized spacial score (nSPS) is 15.1. The van der Waals surface area contributed by atoms with Crippen LogP contribution in [0.5, 0.6) is 0 Å². The lowest BCUT2D eigenvalue weighted by Gasteiger charge is -2.34. The van der Waals surface area contributed by atoms with Crippen LogP contribution in [-0.4, -0.2) is 34.9 Å². The van der Waals surface area contributed by atoms with Gasteiger partial charge in [-0.2, -0.15) is 5.10 Å². The molecule has 5 N–H and O–H groups in total. The number of rotatable bonds is 7. The fraction of sp³-hybridized carbons (Fsp3) is 0.300. The SMILES string of the molecule is C[C@H](NC1=C(C(=N)C(N)=O)CN(c2cn[nH]c(=O)c2Cl)CC1)c1ccc(F)cc1C(F)F. The van der Waals surface area contributed by atoms with Crippen LogP contribution in [0.3, 0.4) is 0 Å². The van der Waals surface area contributed by atoms with Gasteiger partial charge in [-0.3, -0.25) is 15.0 Å². The average Bonchev–Trinajstić information content (AvgIpc) is 2.75. The molecule has 2 aromatic rings. The first-order valence-electron chi connectivity index (χ1n) is 9.53. The van der Waals surface area contributed by atoms with Crippen molar-refractivity contribution in [2.45, 2.75) is 25.8 Å². The predicted molar refractivity (Wildman–Crippen MR) is 114 cm³/mol. The van der Waals surface area contributed by atoms with Crippen LogP contribution in [0.4, 0.5) is 18.9 Å². The summed E-state index contributed by atoms with van der Waals surface area (Å²) in [5, 5.41) is 17.0. The first-order valence-corrected chi connectivity index (χ1v) is 9.90. The lowest BCUT2D eigenvalue weighted by atomic mass is 9.97. The van der Waals surface area contributed by atoms with Gasteiger partial charge in [-0.25, -0.2) is 18.3 Å². The van der Waals surface area contributed by atoms with Gasteiger partial charge in [-0.15, -0.1) is 0 Å². The number of hydrogen-bond acceptors (Lipinski definition) is 6. The summed E-state index contributed by atoms with van der Waals surface area (Å²) < 4.78 is 40.3. The number of H-pyrrole nitrogens is 1. The van der Waals surface area contributed by atoms with Crippen molar-refractivity contribution in [3.05, 3.63) is 68.0 Å². The van der Waals surface area contributed by atoms with Gasteiger partial charge >= 0.3 is 0 Å². The summed E-state index contributed by atoms with van der Waals surface area (Å²) in [6.07, 6.45) is -1.26. The Balaban J connectivity index is 1.96. The minimum Gasteiger partial charge on any atom is -0.381 e. The number of amides is 1. The molecule has 1 amide bonds. The van der Waals surface area contributed by atoms with Crippen molar-refractivity contribution in [2.24, 2.45) is 5.73 Å². The van der Waals surface area contributed by atoms with E-state index in [1.165, 1.54) is 12.3 Å². The van der Waals surface area contributed by atoms with Gasteiger partial charge in [0.2, 0.25) is 0 Å². The van der Waals surface area contributed by atoms with Crippen LogP contribution in [0.15, 0.2) is 40.5 Å². The highest BCUT2D eigenvalue weighted by Gasteiger charge is 2.28. The van der Waals surface area contributed by atoms with Crippen LogP contribution in [0.2, 0.25) is 5.02 Å². The summed E-state index contributed by atoms with van der Waals surface area (Å²) >= 11 is 6.07. The molecule has 1 atom stereocenters. The number of carbonyl (C=O) groups excluding carboxylic acids is 1. The number of anilines is 1. The van der Waals surface area contributed by atoms with Gasteiger partial charge in [0.15, 0.2) is 0 Å². The molecule has 8 nitrogen and oxygen atoms in total. The first kappa shape index (κ1) is 23.3. The number of nitrogens with two attached hydrogens (primary N) is 1. The quantitative estimate of drug-likeness (QED) is 0.464. The number of hydrogen-bond donors (Lipinski definition) is 4. The van der Waals surface area contributed by atoms with Crippen molar-refractivity contribution >= 4 is 28.9 Å². The second kappa shape index (κ2) is 9.43. The van der Waals surface area contributed by atoms with Crippen LogP contribution in [0.1, 0.15) is 36.9 Å². The number of halogens is 4. The molecule has 2 heterocycles. The van der Waals surface area contributed by atoms with Crippen molar-refractivity contribution in [3.8, 4) is 0 Å². The van der Waals surface area contributed by atoms with Gasteiger partial charge in [0, 0.05) is 42.4 Å². The van der Waals surface area contributed by atoms with Crippen molar-refractivity contribution in [1.29, 1.82) is 5.41 Å². The third kappa shape index (κ3) is 4.77. The molecule has 0 unspecified atom stereocenters. The molecule has 0 spiro atoms. The van der Waals surface area contributed by atoms with Crippen molar-refractivity contribution < 1.29 is 18.0 Å². The number of aromatic nitrogens is 2. The number of nitrogens with zero attached hydrogens (tertiary/aromatic N) is 2. The molecule has 0 fully saturated rings. The number of benzene rings is 1. The van der Waals surface area contributed by atoms with Crippen molar-refractivity contribution in [3.63, 3.8) is 0 Å². The van der Waals surface area contributed by atoms with Gasteiger partial charge in [-0.05, 0) is 24.6 Å². The summed E-state index contributed by atoms with van der Waals surface area (Å²) in [5.74, 6) is -1.75. The van der Waals surface area contributed by atoms with Crippen LogP contribution >= 0.6 is 11.6 Å². The maximum Gasteiger partial charge on any atom is 0.285 e. The predicted octanol–water partition coefficient (Wildman–Crippen LogP) is 2.82. The average molecular weight is 469 g/mol. The monoisotopic (exact) mass is 468 g/mol. The second-order valence-corrected chi connectivity index (χ2v) is 7.58. The van der Waals surface area contributed by atoms with Crippen LogP contribution < -0.4 is 21.5 Å². The number of aromatic amines is 1. The Morgan fingerprint density at radius 2 is 2.09 bits per heavy atom. The van der Waals surface area contributed by atoms with E-state index in [1.54, 1.807) is 11.8 Å². The minimum atomic E-state index is -2.88. The van der Waals surface area contributed by atoms with E-state index in [1.807, 2.05) is 0 Å². The fourth-order valence-corrected chi connectivity index (χ4v) is 3.78. The molecule has 170 valence electrons. The van der Waals surface area contributed by atoms with E-state index in [9.17, 15) is 22.8 Å². The Bertz CT molecular complexity index is 1150. The van der Waals surface area contributed by atoms with E-state index in [0.29, 0.717) is 17.9 Å². The van der Waals surface area contributed by atoms with Crippen molar-refractivity contribution in [2.75, 3.05) is 18.0 Å². The van der Waals surface area contributed by atoms with Gasteiger partial charge in [-0.1, -0.05) is 17.7 Å². The van der Waals surface area contributed by atoms with E-state index in [-0.39, 0.29) is 29.1 Å². The van der Waals surface area contributed by atoms with Gasteiger partial charge in [0.1, 0.15) is 16.6 Å². The third-order valence-corrected chi connectivity index (χ3v) is 5.52. The molecule has 32 heavy (non-hydrogen) atoms. The molecule has 0 saturated heterocycles. The van der Waals surface area contributed by atoms with Gasteiger partial charge in [0.25, 0.3) is 17.9 Å². The van der Waals surface area contributed by atoms with Gasteiger partial charge < -0.3 is 16.0 Å². The van der Waals surface area contributed by atoms with E-state index in [0.717, 1.165) is 12.1 Å². The van der Waals surface area contributed by atoms with Crippen LogP contribution in [-0.2, 0) is 4.79 Å². The number of alkyl halides is 2. The third-order valence-electron chi connectivity index (χ3n) is 5.15. The minimum absolute atomic E-state index is 0.00675. The number of nitrogens with one attached hydrogen (secondary N) is 3. The Hall–Kier alpha value is -3.34. The molecule has 12 heteroatoms. The summed E-state index contributed by atoms with van der Waals surface area (Å²) in [5.41, 5.74) is 4.99. The van der Waals surface area contributed by atoms with Crippen LogP contribution in [0, 0.1) is 11.2 Å². The molecule has 1 aromatic heterocycles. The molecule has 0 radical (unpaired) electrons. The first-order chi connectivity index (χ1) is 15.1. The zero-order valence-electron chi connectivity index (χ0n) is 16.9. The maximum absolute atomic E-state index is 13.5. The molecule has 1 aliphatic rings. The zero-order chi connectivity index (χ0) is 23.6. The van der Waals surface area contributed by atoms with E-state index < -0.39 is 41.0 Å². The number of carbonyl (C=O) groups is 1. The Morgan fingerprint density at radius 3 is 2.75 bits per heavy atom. The summed E-state index contributed by atoms with van der Waals surface area (Å²) in [4.78, 5) is 25.2. The standard InChI is InChI=1S/C20H20ClF3N6O2/c1-9(11-3-2-10(22)6-12(11)18(23)24)28-14-4-5-30(8-13(14)17(25)19(26)31)15-7-27-29-20(32)16(15)21/h2-3,6-7,9,18,25,28H,4-5,8H2,1H3,(H2,26,31)(H,29,32)/t9-/m0/s1. The highest BCUT2D eigenvalue weighted by Crippen LogP contribution is 2.31. The Kier molecular flexibility index (Phi) is 6.87. The van der Waals surface area contributed by atoms with E-state index >= 15 is 0 Å². The maximum atomic E-state index is 13.5. The summed E-state index contributed by atoms with van der Waals surface area (Å²) in [6, 6.07) is 2.46. The molecule has 0 aliphatic carbocycles. The fourth-order valence-electron chi connectivity index (χ4n) is 3.57. The topological polar surface area (TPSA) is 128 Å². The lowest BCUT2D eigenvalue weighted by Crippen LogP contribution is -2.41. The highest BCUT2D eigenvalue weighted by atomic mass is 35.5. The summed E-state index contributed by atoms with van der Waals surface area (Å²) in [7, 11) is 0. The molecule has 0 saturated carbocycles. The summed E-state index contributed by atoms with van der Waals surface area (Å²) in [6.45, 7) is 1.95. The van der Waals surface area contributed by atoms with E-state index in [2.05, 4.69) is 15.5 Å². The molecular formula is C20H20ClF3N6O2. The molecular weight excluding hydrogens is 449 g/mol. The Labute approximate surface area is 185 Å². The van der Waals surface area contributed by atoms with Gasteiger partial charge in [0.05, 0.1) is 11.9 Å². The van der Waals surface area contributed by atoms with Crippen LogP contribution in [0.25, 0.3) is 0 Å². The largest absolute Gasteiger partial charge is 0.381 e. The molecule has 0 bridgehead atoms. The zero-order valence-corrected chi connectivity index (χ0v) is 17.6. The molecule has 3 rings (SSSR count). The molecule has 1 aromatic carbocycles. The number of primary amides is 1. The second-order valence-electron chi connectivity index (χ2n) is 7.21. The highest BCUT2D eigenvalue weighted by molar-refractivity contribution is 6.44. The van der Waals surface area contributed by atoms with E-state index in [4.69, 9.17) is 22.7 Å². The Morgan fingerprint density at radius 1 is 1.38 bits per heavy atom. The lowest BCUT2D eigenvalue weighted by molar-refractivity contribution is -0.112. The van der Waals surface area contributed by atoms with Crippen molar-refractivity contribution in [1.82, 2.24) is 15.5 Å². The smallest absolute Gasteiger partial charge is 0.285 e. The molecule has 1 aliphatic heterocycles.